The van der Waals surface area contributed by atoms with Crippen LogP contribution in [-0.2, 0) is 17.8 Å². The summed E-state index contributed by atoms with van der Waals surface area (Å²) in [6.45, 7) is 0.637. The normalized spacial score (nSPS) is 10.5. The molecule has 174 valence electrons. The molecule has 9 heteroatoms. The molecular weight excluding hydrogens is 444 g/mol. The Morgan fingerprint density at radius 3 is 2.51 bits per heavy atom. The lowest BCUT2D eigenvalue weighted by molar-refractivity contribution is -0.384. The predicted octanol–water partition coefficient (Wildman–Crippen LogP) is 4.33. The third-order valence-corrected chi connectivity index (χ3v) is 5.45. The van der Waals surface area contributed by atoms with Crippen molar-refractivity contribution in [3.63, 3.8) is 0 Å². The van der Waals surface area contributed by atoms with E-state index in [9.17, 15) is 14.9 Å². The number of para-hydroxylation sites is 1. The molecule has 0 radical (unpaired) electrons. The molecular formula is C26H22N6O3. The number of hydrogen-bond donors (Lipinski definition) is 0. The minimum Gasteiger partial charge on any atom is -0.337 e. The molecule has 0 aliphatic carbocycles. The summed E-state index contributed by atoms with van der Waals surface area (Å²) in [6.07, 6.45) is 5.44. The first kappa shape index (κ1) is 23.3. The average molecular weight is 467 g/mol. The van der Waals surface area contributed by atoms with Gasteiger partial charge in [0.2, 0.25) is 5.91 Å². The van der Waals surface area contributed by atoms with E-state index in [-0.39, 0.29) is 24.4 Å². The molecule has 2 aromatic carbocycles. The maximum absolute atomic E-state index is 13.4. The molecule has 0 atom stereocenters. The van der Waals surface area contributed by atoms with Gasteiger partial charge in [-0.25, -0.2) is 4.68 Å². The maximum atomic E-state index is 13.4. The quantitative estimate of drug-likeness (QED) is 0.268. The number of carbonyl (C=O) groups is 1. The maximum Gasteiger partial charge on any atom is 0.269 e. The van der Waals surface area contributed by atoms with Crippen LogP contribution in [0.1, 0.15) is 17.5 Å². The minimum atomic E-state index is -0.456. The smallest absolute Gasteiger partial charge is 0.269 e. The van der Waals surface area contributed by atoms with Crippen molar-refractivity contribution >= 4 is 11.6 Å². The second-order valence-electron chi connectivity index (χ2n) is 7.85. The molecule has 0 unspecified atom stereocenters. The molecule has 0 fully saturated rings. The Morgan fingerprint density at radius 2 is 1.86 bits per heavy atom. The third-order valence-electron chi connectivity index (χ3n) is 5.45. The van der Waals surface area contributed by atoms with Gasteiger partial charge < -0.3 is 4.90 Å². The molecule has 35 heavy (non-hydrogen) atoms. The molecule has 0 bridgehead atoms. The van der Waals surface area contributed by atoms with Crippen LogP contribution < -0.4 is 0 Å². The second-order valence-corrected chi connectivity index (χ2v) is 7.85. The first-order chi connectivity index (χ1) is 17.0. The average Bonchev–Trinajstić information content (AvgIpc) is 3.31. The van der Waals surface area contributed by atoms with E-state index in [1.54, 1.807) is 46.4 Å². The fraction of sp³-hybridized carbons (Fsp3) is 0.154. The Bertz CT molecular complexity index is 1350. The SMILES string of the molecule is N#CCCN(Cc1cccnc1)C(=O)Cc1cn(-c2ccccc2)nc1-c1ccc([N+](=O)[O-])cc1. The van der Waals surface area contributed by atoms with Gasteiger partial charge in [0.25, 0.3) is 5.69 Å². The topological polar surface area (TPSA) is 118 Å². The Morgan fingerprint density at radius 1 is 1.09 bits per heavy atom. The molecule has 9 nitrogen and oxygen atoms in total. The van der Waals surface area contributed by atoms with Crippen molar-refractivity contribution in [1.29, 1.82) is 5.26 Å². The summed E-state index contributed by atoms with van der Waals surface area (Å²) in [7, 11) is 0. The lowest BCUT2D eigenvalue weighted by atomic mass is 10.0. The molecule has 4 aromatic rings. The van der Waals surface area contributed by atoms with Crippen molar-refractivity contribution in [3.05, 3.63) is 107 Å². The van der Waals surface area contributed by atoms with E-state index < -0.39 is 4.92 Å². The number of carbonyl (C=O) groups excluding carboxylic acids is 1. The van der Waals surface area contributed by atoms with Crippen molar-refractivity contribution in [2.24, 2.45) is 0 Å². The van der Waals surface area contributed by atoms with E-state index in [2.05, 4.69) is 11.1 Å². The molecule has 0 saturated heterocycles. The predicted molar refractivity (Wildman–Crippen MR) is 129 cm³/mol. The number of hydrogen-bond acceptors (Lipinski definition) is 6. The van der Waals surface area contributed by atoms with Crippen molar-refractivity contribution < 1.29 is 9.72 Å². The van der Waals surface area contributed by atoms with E-state index >= 15 is 0 Å². The summed E-state index contributed by atoms with van der Waals surface area (Å²) >= 11 is 0. The Kier molecular flexibility index (Phi) is 7.23. The summed E-state index contributed by atoms with van der Waals surface area (Å²) in [4.78, 5) is 29.7. The van der Waals surface area contributed by atoms with E-state index in [1.165, 1.54) is 12.1 Å². The van der Waals surface area contributed by atoms with Gasteiger partial charge in [-0.05, 0) is 35.9 Å². The largest absolute Gasteiger partial charge is 0.337 e. The van der Waals surface area contributed by atoms with Crippen LogP contribution >= 0.6 is 0 Å². The fourth-order valence-electron chi connectivity index (χ4n) is 3.70. The van der Waals surface area contributed by atoms with Gasteiger partial charge in [0, 0.05) is 54.9 Å². The number of nitrogens with zero attached hydrogens (tertiary/aromatic N) is 6. The molecule has 2 heterocycles. The standard InChI is InChI=1S/C26H22N6O3/c27-13-5-15-30(18-20-6-4-14-28-17-20)25(33)16-22-19-31(23-7-2-1-3-8-23)29-26(22)21-9-11-24(12-10-21)32(34)35/h1-4,6-12,14,17,19H,5,15-16,18H2. The lowest BCUT2D eigenvalue weighted by Gasteiger charge is -2.21. The Labute approximate surface area is 202 Å². The zero-order valence-electron chi connectivity index (χ0n) is 18.8. The van der Waals surface area contributed by atoms with Crippen molar-refractivity contribution in [1.82, 2.24) is 19.7 Å². The Hall–Kier alpha value is -4.84. The van der Waals surface area contributed by atoms with Crippen LogP contribution in [0, 0.1) is 21.4 Å². The first-order valence-electron chi connectivity index (χ1n) is 11.0. The van der Waals surface area contributed by atoms with Crippen LogP contribution in [0.15, 0.2) is 85.3 Å². The molecule has 0 spiro atoms. The third kappa shape index (κ3) is 5.75. The molecule has 1 amide bonds. The van der Waals surface area contributed by atoms with E-state index in [0.29, 0.717) is 29.9 Å². The summed E-state index contributed by atoms with van der Waals surface area (Å²) in [5, 5.41) is 24.8. The number of pyridine rings is 1. The lowest BCUT2D eigenvalue weighted by Crippen LogP contribution is -2.32. The van der Waals surface area contributed by atoms with Crippen LogP contribution in [0.5, 0.6) is 0 Å². The van der Waals surface area contributed by atoms with Crippen LogP contribution in [0.2, 0.25) is 0 Å². The number of non-ortho nitro benzene ring substituents is 1. The fourth-order valence-corrected chi connectivity index (χ4v) is 3.70. The summed E-state index contributed by atoms with van der Waals surface area (Å²) in [5.41, 5.74) is 3.59. The van der Waals surface area contributed by atoms with E-state index in [0.717, 1.165) is 11.3 Å². The number of benzene rings is 2. The van der Waals surface area contributed by atoms with E-state index in [1.807, 2.05) is 36.4 Å². The zero-order valence-corrected chi connectivity index (χ0v) is 18.8. The minimum absolute atomic E-state index is 0.0204. The first-order valence-corrected chi connectivity index (χ1v) is 11.0. The summed E-state index contributed by atoms with van der Waals surface area (Å²) < 4.78 is 1.69. The molecule has 0 saturated carbocycles. The number of rotatable bonds is 9. The van der Waals surface area contributed by atoms with Crippen LogP contribution in [0.25, 0.3) is 16.9 Å². The van der Waals surface area contributed by atoms with Gasteiger partial charge in [0.1, 0.15) is 0 Å². The van der Waals surface area contributed by atoms with Gasteiger partial charge in [0.15, 0.2) is 0 Å². The van der Waals surface area contributed by atoms with Crippen LogP contribution in [0.4, 0.5) is 5.69 Å². The summed E-state index contributed by atoms with van der Waals surface area (Å²) in [5.74, 6) is -0.153. The van der Waals surface area contributed by atoms with Crippen molar-refractivity contribution in [2.75, 3.05) is 6.54 Å². The number of nitro benzene ring substituents is 1. The number of nitriles is 1. The molecule has 0 aliphatic rings. The Balaban J connectivity index is 1.67. The molecule has 4 rings (SSSR count). The monoisotopic (exact) mass is 466 g/mol. The highest BCUT2D eigenvalue weighted by molar-refractivity contribution is 5.81. The highest BCUT2D eigenvalue weighted by atomic mass is 16.6. The van der Waals surface area contributed by atoms with Gasteiger partial charge >= 0.3 is 0 Å². The number of aromatic nitrogens is 3. The van der Waals surface area contributed by atoms with Gasteiger partial charge in [-0.15, -0.1) is 0 Å². The summed E-state index contributed by atoms with van der Waals surface area (Å²) in [6, 6.07) is 21.4. The molecule has 2 aromatic heterocycles. The van der Waals surface area contributed by atoms with Crippen LogP contribution in [0.3, 0.4) is 0 Å². The highest BCUT2D eigenvalue weighted by Gasteiger charge is 2.20. The van der Waals surface area contributed by atoms with Crippen molar-refractivity contribution in [2.45, 2.75) is 19.4 Å². The number of nitro groups is 1. The van der Waals surface area contributed by atoms with Gasteiger partial charge in [-0.3, -0.25) is 19.9 Å². The second kappa shape index (κ2) is 10.9. The van der Waals surface area contributed by atoms with Crippen LogP contribution in [-0.4, -0.2) is 37.0 Å². The molecule has 0 N–H and O–H groups in total. The van der Waals surface area contributed by atoms with Gasteiger partial charge in [0.05, 0.1) is 35.2 Å². The van der Waals surface area contributed by atoms with Gasteiger partial charge in [-0.1, -0.05) is 24.3 Å². The zero-order chi connectivity index (χ0) is 24.6. The van der Waals surface area contributed by atoms with Gasteiger partial charge in [-0.2, -0.15) is 10.4 Å². The number of amides is 1. The highest BCUT2D eigenvalue weighted by Crippen LogP contribution is 2.27. The molecule has 0 aliphatic heterocycles. The van der Waals surface area contributed by atoms with Crippen molar-refractivity contribution in [3.8, 4) is 23.0 Å². The van der Waals surface area contributed by atoms with E-state index in [4.69, 9.17) is 10.4 Å².